The number of amides is 1. The Morgan fingerprint density at radius 3 is 2.75 bits per heavy atom. The number of methoxy groups -OCH3 is 1. The molecule has 0 aromatic heterocycles. The van der Waals surface area contributed by atoms with E-state index in [1.807, 2.05) is 25.1 Å². The topological polar surface area (TPSA) is 55.6 Å². The van der Waals surface area contributed by atoms with Crippen LogP contribution in [-0.4, -0.2) is 30.5 Å². The number of benzene rings is 1. The van der Waals surface area contributed by atoms with Crippen molar-refractivity contribution in [2.75, 3.05) is 14.2 Å². The zero-order valence-corrected chi connectivity index (χ0v) is 13.7. The smallest absolute Gasteiger partial charge is 0.242 e. The van der Waals surface area contributed by atoms with Crippen LogP contribution in [0.4, 0.5) is 0 Å². The van der Waals surface area contributed by atoms with Crippen molar-refractivity contribution in [2.24, 2.45) is 11.7 Å². The molecule has 1 aliphatic carbocycles. The molecule has 0 heterocycles. The zero-order valence-electron chi connectivity index (χ0n) is 12.1. The molecule has 4 nitrogen and oxygen atoms in total. The molecule has 1 unspecified atom stereocenters. The maximum Gasteiger partial charge on any atom is 0.242 e. The van der Waals surface area contributed by atoms with Crippen molar-refractivity contribution in [3.8, 4) is 5.75 Å². The lowest BCUT2D eigenvalue weighted by Gasteiger charge is -2.29. The first-order valence-corrected chi connectivity index (χ1v) is 7.52. The fraction of sp³-hybridized carbons (Fsp3) is 0.533. The fourth-order valence-corrected chi connectivity index (χ4v) is 2.88. The van der Waals surface area contributed by atoms with E-state index in [4.69, 9.17) is 10.5 Å². The molecular weight excluding hydrogens is 320 g/mol. The van der Waals surface area contributed by atoms with E-state index in [2.05, 4.69) is 15.9 Å². The van der Waals surface area contributed by atoms with E-state index in [9.17, 15) is 4.79 Å². The molecular formula is C15H21BrN2O2. The van der Waals surface area contributed by atoms with Gasteiger partial charge in [-0.2, -0.15) is 0 Å². The van der Waals surface area contributed by atoms with Gasteiger partial charge in [-0.3, -0.25) is 4.79 Å². The third-order valence-corrected chi connectivity index (χ3v) is 4.38. The highest BCUT2D eigenvalue weighted by Crippen LogP contribution is 2.39. The Morgan fingerprint density at radius 2 is 2.20 bits per heavy atom. The summed E-state index contributed by atoms with van der Waals surface area (Å²) in [5.74, 6) is 1.09. The average molecular weight is 341 g/mol. The van der Waals surface area contributed by atoms with Crippen molar-refractivity contribution < 1.29 is 9.53 Å². The summed E-state index contributed by atoms with van der Waals surface area (Å²) in [6, 6.07) is 5.77. The number of halogens is 1. The molecule has 1 aliphatic rings. The maximum absolute atomic E-state index is 12.5. The van der Waals surface area contributed by atoms with Crippen LogP contribution >= 0.6 is 15.9 Å². The number of likely N-dealkylation sites (N-methyl/N-ethyl adjacent to an activating group) is 1. The number of hydrogen-bond donors (Lipinski definition) is 1. The summed E-state index contributed by atoms with van der Waals surface area (Å²) in [6.45, 7) is 2.32. The van der Waals surface area contributed by atoms with Crippen LogP contribution in [-0.2, 0) is 11.3 Å². The lowest BCUT2D eigenvalue weighted by atomic mass is 9.95. The molecule has 2 rings (SSSR count). The van der Waals surface area contributed by atoms with Gasteiger partial charge in [-0.15, -0.1) is 0 Å². The van der Waals surface area contributed by atoms with Crippen LogP contribution in [0.25, 0.3) is 0 Å². The number of carbonyl (C=O) groups excluding carboxylic acids is 1. The van der Waals surface area contributed by atoms with Gasteiger partial charge in [-0.1, -0.05) is 15.9 Å². The van der Waals surface area contributed by atoms with E-state index < -0.39 is 5.54 Å². The third-order valence-electron chi connectivity index (χ3n) is 3.88. The second-order valence-electron chi connectivity index (χ2n) is 5.67. The molecule has 1 fully saturated rings. The normalized spacial score (nSPS) is 17.4. The van der Waals surface area contributed by atoms with Crippen LogP contribution < -0.4 is 10.5 Å². The highest BCUT2D eigenvalue weighted by molar-refractivity contribution is 9.10. The van der Waals surface area contributed by atoms with Crippen molar-refractivity contribution >= 4 is 21.8 Å². The zero-order chi connectivity index (χ0) is 14.9. The SMILES string of the molecule is COc1ccc(Br)cc1CN(C)C(=O)C(C)(N)C1CC1. The van der Waals surface area contributed by atoms with Gasteiger partial charge in [0.2, 0.25) is 5.91 Å². The molecule has 1 aromatic rings. The van der Waals surface area contributed by atoms with Crippen molar-refractivity contribution in [2.45, 2.75) is 31.8 Å². The molecule has 110 valence electrons. The predicted octanol–water partition coefficient (Wildman–Crippen LogP) is 2.54. The second-order valence-corrected chi connectivity index (χ2v) is 6.59. The van der Waals surface area contributed by atoms with Gasteiger partial charge in [0, 0.05) is 23.6 Å². The highest BCUT2D eigenvalue weighted by Gasteiger charge is 2.45. The summed E-state index contributed by atoms with van der Waals surface area (Å²) in [4.78, 5) is 14.2. The quantitative estimate of drug-likeness (QED) is 0.896. The van der Waals surface area contributed by atoms with Gasteiger partial charge >= 0.3 is 0 Å². The van der Waals surface area contributed by atoms with E-state index in [1.54, 1.807) is 19.1 Å². The lowest BCUT2D eigenvalue weighted by Crippen LogP contribution is -2.53. The predicted molar refractivity (Wildman–Crippen MR) is 82.5 cm³/mol. The Balaban J connectivity index is 2.13. The van der Waals surface area contributed by atoms with Gasteiger partial charge in [0.15, 0.2) is 0 Å². The summed E-state index contributed by atoms with van der Waals surface area (Å²) in [5, 5.41) is 0. The second kappa shape index (κ2) is 5.74. The van der Waals surface area contributed by atoms with Crippen LogP contribution in [0.2, 0.25) is 0 Å². The number of rotatable bonds is 5. The highest BCUT2D eigenvalue weighted by atomic mass is 79.9. The Hall–Kier alpha value is -1.07. The number of nitrogens with two attached hydrogens (primary N) is 1. The standard InChI is InChI=1S/C15H21BrN2O2/c1-15(17,11-4-5-11)14(19)18(2)9-10-8-12(16)6-7-13(10)20-3/h6-8,11H,4-5,9,17H2,1-3H3. The van der Waals surface area contributed by atoms with Crippen LogP contribution in [0.5, 0.6) is 5.75 Å². The van der Waals surface area contributed by atoms with Crippen molar-refractivity contribution in [3.63, 3.8) is 0 Å². The Kier molecular flexibility index (Phi) is 4.39. The van der Waals surface area contributed by atoms with Crippen molar-refractivity contribution in [1.29, 1.82) is 0 Å². The first-order chi connectivity index (χ1) is 9.36. The fourth-order valence-electron chi connectivity index (χ4n) is 2.47. The van der Waals surface area contributed by atoms with Gasteiger partial charge in [0.1, 0.15) is 5.75 Å². The number of ether oxygens (including phenoxy) is 1. The first-order valence-electron chi connectivity index (χ1n) is 6.73. The minimum absolute atomic E-state index is 0.0120. The summed E-state index contributed by atoms with van der Waals surface area (Å²) < 4.78 is 6.30. The molecule has 0 aliphatic heterocycles. The van der Waals surface area contributed by atoms with Crippen LogP contribution in [0.1, 0.15) is 25.3 Å². The molecule has 0 bridgehead atoms. The van der Waals surface area contributed by atoms with Gasteiger partial charge in [-0.25, -0.2) is 0 Å². The van der Waals surface area contributed by atoms with E-state index in [0.29, 0.717) is 12.5 Å². The molecule has 1 atom stereocenters. The molecule has 1 saturated carbocycles. The van der Waals surface area contributed by atoms with E-state index in [0.717, 1.165) is 28.6 Å². The van der Waals surface area contributed by atoms with E-state index >= 15 is 0 Å². The molecule has 20 heavy (non-hydrogen) atoms. The maximum atomic E-state index is 12.5. The average Bonchev–Trinajstić information content (AvgIpc) is 3.22. The van der Waals surface area contributed by atoms with Crippen molar-refractivity contribution in [1.82, 2.24) is 4.90 Å². The Morgan fingerprint density at radius 1 is 1.55 bits per heavy atom. The minimum Gasteiger partial charge on any atom is -0.496 e. The van der Waals surface area contributed by atoms with E-state index in [-0.39, 0.29) is 5.91 Å². The molecule has 5 heteroatoms. The van der Waals surface area contributed by atoms with Gasteiger partial charge < -0.3 is 15.4 Å². The van der Waals surface area contributed by atoms with Gasteiger partial charge in [-0.05, 0) is 43.9 Å². The summed E-state index contributed by atoms with van der Waals surface area (Å²) in [5.41, 5.74) is 6.40. The number of nitrogens with zero attached hydrogens (tertiary/aromatic N) is 1. The van der Waals surface area contributed by atoms with Crippen molar-refractivity contribution in [3.05, 3.63) is 28.2 Å². The monoisotopic (exact) mass is 340 g/mol. The van der Waals surface area contributed by atoms with Gasteiger partial charge in [0.25, 0.3) is 0 Å². The van der Waals surface area contributed by atoms with Crippen LogP contribution in [0.15, 0.2) is 22.7 Å². The Labute approximate surface area is 128 Å². The van der Waals surface area contributed by atoms with Crippen LogP contribution in [0.3, 0.4) is 0 Å². The molecule has 0 radical (unpaired) electrons. The molecule has 1 amide bonds. The lowest BCUT2D eigenvalue weighted by molar-refractivity contribution is -0.136. The first kappa shape index (κ1) is 15.3. The third kappa shape index (κ3) is 3.15. The van der Waals surface area contributed by atoms with Crippen LogP contribution in [0, 0.1) is 5.92 Å². The summed E-state index contributed by atoms with van der Waals surface area (Å²) >= 11 is 3.44. The Bertz CT molecular complexity index is 513. The molecule has 2 N–H and O–H groups in total. The summed E-state index contributed by atoms with van der Waals surface area (Å²) in [7, 11) is 3.42. The molecule has 1 aromatic carbocycles. The molecule has 0 spiro atoms. The van der Waals surface area contributed by atoms with E-state index in [1.165, 1.54) is 0 Å². The minimum atomic E-state index is -0.756. The summed E-state index contributed by atoms with van der Waals surface area (Å²) in [6.07, 6.45) is 2.10. The number of carbonyl (C=O) groups is 1. The molecule has 0 saturated heterocycles. The number of hydrogen-bond acceptors (Lipinski definition) is 3. The largest absolute Gasteiger partial charge is 0.496 e. The van der Waals surface area contributed by atoms with Gasteiger partial charge in [0.05, 0.1) is 12.6 Å².